The van der Waals surface area contributed by atoms with Gasteiger partial charge in [-0.05, 0) is 50.4 Å². The van der Waals surface area contributed by atoms with E-state index in [1.54, 1.807) is 14.2 Å². The van der Waals surface area contributed by atoms with Gasteiger partial charge in [0.05, 0.1) is 7.11 Å². The van der Waals surface area contributed by atoms with E-state index in [1.807, 2.05) is 6.07 Å². The number of fused-ring (bicyclic) bond motifs is 1. The zero-order valence-electron chi connectivity index (χ0n) is 14.5. The van der Waals surface area contributed by atoms with Crippen molar-refractivity contribution in [3.63, 3.8) is 0 Å². The number of nitrogens with zero attached hydrogens (tertiary/aromatic N) is 1. The Morgan fingerprint density at radius 3 is 2.83 bits per heavy atom. The molecule has 1 saturated heterocycles. The van der Waals surface area contributed by atoms with Crippen molar-refractivity contribution in [2.45, 2.75) is 43.2 Å². The van der Waals surface area contributed by atoms with Gasteiger partial charge in [-0.3, -0.25) is 4.79 Å². The highest BCUT2D eigenvalue weighted by molar-refractivity contribution is 5.86. The number of phenols is 1. The molecule has 5 nitrogen and oxygen atoms in total. The minimum absolute atomic E-state index is 0.159. The molecule has 130 valence electrons. The van der Waals surface area contributed by atoms with E-state index in [-0.39, 0.29) is 23.1 Å². The van der Waals surface area contributed by atoms with E-state index < -0.39 is 0 Å². The Morgan fingerprint density at radius 2 is 2.12 bits per heavy atom. The summed E-state index contributed by atoms with van der Waals surface area (Å²) in [5, 5.41) is 10.9. The summed E-state index contributed by atoms with van der Waals surface area (Å²) in [6.07, 6.45) is 2.67. The van der Waals surface area contributed by atoms with Crippen LogP contribution in [0, 0.1) is 5.92 Å². The molecule has 0 unspecified atom stereocenters. The number of ketones is 1. The molecule has 2 aliphatic carbocycles. The summed E-state index contributed by atoms with van der Waals surface area (Å²) >= 11 is 0. The second kappa shape index (κ2) is 5.46. The van der Waals surface area contributed by atoms with Crippen LogP contribution in [0.15, 0.2) is 12.1 Å². The average Bonchev–Trinajstić information content (AvgIpc) is 2.57. The molecule has 2 bridgehead atoms. The van der Waals surface area contributed by atoms with Crippen LogP contribution in [0.3, 0.4) is 0 Å². The van der Waals surface area contributed by atoms with Crippen molar-refractivity contribution in [3.8, 4) is 11.5 Å². The number of carbonyl (C=O) groups is 1. The van der Waals surface area contributed by atoms with Crippen LogP contribution in [-0.4, -0.2) is 55.7 Å². The van der Waals surface area contributed by atoms with Crippen LogP contribution < -0.4 is 4.74 Å². The lowest BCUT2D eigenvalue weighted by Crippen LogP contribution is -2.63. The third-order valence-corrected chi connectivity index (χ3v) is 6.63. The lowest BCUT2D eigenvalue weighted by Gasteiger charge is -2.58. The van der Waals surface area contributed by atoms with Crippen molar-refractivity contribution >= 4 is 5.78 Å². The third-order valence-electron chi connectivity index (χ3n) is 6.63. The van der Waals surface area contributed by atoms with Crippen LogP contribution in [0.4, 0.5) is 0 Å². The van der Waals surface area contributed by atoms with E-state index >= 15 is 0 Å². The highest BCUT2D eigenvalue weighted by atomic mass is 16.5. The number of aromatic hydroxyl groups is 1. The molecule has 1 aliphatic heterocycles. The summed E-state index contributed by atoms with van der Waals surface area (Å²) in [5.74, 6) is 1.21. The number of piperidine rings is 1. The monoisotopic (exact) mass is 331 g/mol. The van der Waals surface area contributed by atoms with Crippen molar-refractivity contribution in [2.24, 2.45) is 5.92 Å². The Morgan fingerprint density at radius 1 is 1.33 bits per heavy atom. The molecule has 24 heavy (non-hydrogen) atoms. The number of hydrogen-bond donors (Lipinski definition) is 1. The first kappa shape index (κ1) is 15.9. The molecule has 1 saturated carbocycles. The molecule has 1 aromatic rings. The number of hydrogen-bond acceptors (Lipinski definition) is 5. The number of likely N-dealkylation sites (tertiary alicyclic amines) is 1. The second-order valence-corrected chi connectivity index (χ2v) is 7.52. The molecule has 1 heterocycles. The predicted molar refractivity (Wildman–Crippen MR) is 89.6 cm³/mol. The van der Waals surface area contributed by atoms with Crippen molar-refractivity contribution in [1.82, 2.24) is 4.90 Å². The second-order valence-electron chi connectivity index (χ2n) is 7.52. The van der Waals surface area contributed by atoms with E-state index in [2.05, 4.69) is 18.0 Å². The summed E-state index contributed by atoms with van der Waals surface area (Å²) in [6.45, 7) is 0.947. The Kier molecular flexibility index (Phi) is 3.62. The van der Waals surface area contributed by atoms with Crippen LogP contribution in [0.2, 0.25) is 0 Å². The highest BCUT2D eigenvalue weighted by Gasteiger charge is 2.58. The molecule has 0 aromatic heterocycles. The minimum atomic E-state index is -0.313. The van der Waals surface area contributed by atoms with Crippen LogP contribution in [0.25, 0.3) is 0 Å². The lowest BCUT2D eigenvalue weighted by molar-refractivity contribution is -0.141. The first-order valence-corrected chi connectivity index (χ1v) is 8.67. The van der Waals surface area contributed by atoms with Gasteiger partial charge in [-0.15, -0.1) is 0 Å². The zero-order chi connectivity index (χ0) is 17.1. The number of ether oxygens (including phenoxy) is 2. The molecule has 4 rings (SSSR count). The summed E-state index contributed by atoms with van der Waals surface area (Å²) in [4.78, 5) is 15.1. The maximum absolute atomic E-state index is 12.7. The molecule has 3 aliphatic rings. The van der Waals surface area contributed by atoms with Crippen LogP contribution >= 0.6 is 0 Å². The van der Waals surface area contributed by atoms with Gasteiger partial charge >= 0.3 is 0 Å². The fourth-order valence-corrected chi connectivity index (χ4v) is 5.45. The summed E-state index contributed by atoms with van der Waals surface area (Å²) < 4.78 is 10.8. The summed E-state index contributed by atoms with van der Waals surface area (Å²) in [7, 11) is 5.36. The smallest absolute Gasteiger partial charge is 0.162 e. The first-order valence-electron chi connectivity index (χ1n) is 8.67. The van der Waals surface area contributed by atoms with Crippen LogP contribution in [-0.2, 0) is 21.4 Å². The number of Topliss-reactive ketones (excluding diaryl/α,β-unsaturated/α-hetero) is 1. The predicted octanol–water partition coefficient (Wildman–Crippen LogP) is 1.89. The SMILES string of the molecule is COc1ccc2c(c1O)[C@@]13CCN(C)[C@@H](C2)[C@H]1C[C@@H](OC)C(=O)C3. The molecule has 0 spiro atoms. The fraction of sp³-hybridized carbons (Fsp3) is 0.632. The summed E-state index contributed by atoms with van der Waals surface area (Å²) in [5.41, 5.74) is 1.83. The minimum Gasteiger partial charge on any atom is -0.504 e. The van der Waals surface area contributed by atoms with Crippen molar-refractivity contribution < 1.29 is 19.4 Å². The van der Waals surface area contributed by atoms with Gasteiger partial charge in [-0.1, -0.05) is 6.07 Å². The van der Waals surface area contributed by atoms with E-state index in [0.29, 0.717) is 24.1 Å². The van der Waals surface area contributed by atoms with Gasteiger partial charge in [0, 0.05) is 30.6 Å². The highest BCUT2D eigenvalue weighted by Crippen LogP contribution is 2.58. The Hall–Kier alpha value is -1.59. The lowest BCUT2D eigenvalue weighted by atomic mass is 9.51. The van der Waals surface area contributed by atoms with Crippen molar-refractivity contribution in [3.05, 3.63) is 23.3 Å². The van der Waals surface area contributed by atoms with Crippen molar-refractivity contribution in [2.75, 3.05) is 27.8 Å². The van der Waals surface area contributed by atoms with Crippen molar-refractivity contribution in [1.29, 1.82) is 0 Å². The molecule has 1 N–H and O–H groups in total. The quantitative estimate of drug-likeness (QED) is 0.897. The maximum Gasteiger partial charge on any atom is 0.162 e. The number of likely N-dealkylation sites (N-methyl/N-ethyl adjacent to an activating group) is 1. The maximum atomic E-state index is 12.7. The normalized spacial score (nSPS) is 35.3. The number of benzene rings is 1. The van der Waals surface area contributed by atoms with Gasteiger partial charge in [0.1, 0.15) is 6.10 Å². The zero-order valence-corrected chi connectivity index (χ0v) is 14.5. The van der Waals surface area contributed by atoms with Crippen LogP contribution in [0.5, 0.6) is 11.5 Å². The summed E-state index contributed by atoms with van der Waals surface area (Å²) in [6, 6.07) is 4.29. The number of carbonyl (C=O) groups excluding carboxylic acids is 1. The fourth-order valence-electron chi connectivity index (χ4n) is 5.45. The van der Waals surface area contributed by atoms with Gasteiger partial charge in [0.2, 0.25) is 0 Å². The van der Waals surface area contributed by atoms with E-state index in [4.69, 9.17) is 9.47 Å². The topological polar surface area (TPSA) is 59.0 Å². The van der Waals surface area contributed by atoms with E-state index in [9.17, 15) is 9.90 Å². The van der Waals surface area contributed by atoms with Gasteiger partial charge < -0.3 is 19.5 Å². The Labute approximate surface area is 142 Å². The molecule has 1 aromatic carbocycles. The van der Waals surface area contributed by atoms with E-state index in [1.165, 1.54) is 0 Å². The van der Waals surface area contributed by atoms with Crippen LogP contribution in [0.1, 0.15) is 30.4 Å². The average molecular weight is 331 g/mol. The van der Waals surface area contributed by atoms with Gasteiger partial charge in [-0.2, -0.15) is 0 Å². The van der Waals surface area contributed by atoms with Gasteiger partial charge in [0.25, 0.3) is 0 Å². The molecular weight excluding hydrogens is 306 g/mol. The molecule has 0 amide bonds. The number of methoxy groups -OCH3 is 2. The van der Waals surface area contributed by atoms with Gasteiger partial charge in [0.15, 0.2) is 17.3 Å². The Balaban J connectivity index is 1.91. The van der Waals surface area contributed by atoms with E-state index in [0.717, 1.165) is 36.9 Å². The number of rotatable bonds is 2. The molecule has 0 radical (unpaired) electrons. The number of phenolic OH excluding ortho intramolecular Hbond substituents is 1. The largest absolute Gasteiger partial charge is 0.504 e. The molecule has 5 heteroatoms. The molecule has 2 fully saturated rings. The standard InChI is InChI=1S/C19H25NO4/c1-20-7-6-19-10-14(21)16(24-3)9-12(19)13(20)8-11-4-5-15(23-2)18(22)17(11)19/h4-5,12-13,16,22H,6-10H2,1-3H3/t12-,13+,16-,19-/m1/s1. The third kappa shape index (κ3) is 1.97. The van der Waals surface area contributed by atoms with Gasteiger partial charge in [-0.25, -0.2) is 0 Å². The Bertz CT molecular complexity index is 688. The molecular formula is C19H25NO4. The first-order chi connectivity index (χ1) is 11.5. The molecule has 4 atom stereocenters.